The van der Waals surface area contributed by atoms with Gasteiger partial charge in [0.25, 0.3) is 0 Å². The molecule has 4 rings (SSSR count). The van der Waals surface area contributed by atoms with Crippen molar-refractivity contribution in [2.24, 2.45) is 11.8 Å². The van der Waals surface area contributed by atoms with Crippen LogP contribution in [0.25, 0.3) is 0 Å². The Morgan fingerprint density at radius 3 is 1.31 bits per heavy atom. The summed E-state index contributed by atoms with van der Waals surface area (Å²) in [5, 5.41) is 0. The van der Waals surface area contributed by atoms with E-state index >= 15 is 0 Å². The van der Waals surface area contributed by atoms with Gasteiger partial charge in [0.1, 0.15) is 0 Å². The fourth-order valence-electron chi connectivity index (χ4n) is 3.70. The van der Waals surface area contributed by atoms with Crippen molar-refractivity contribution in [2.75, 3.05) is 14.2 Å². The van der Waals surface area contributed by atoms with Crippen molar-refractivity contribution in [2.45, 2.75) is 51.1 Å². The average Bonchev–Trinajstić information content (AvgIpc) is 2.78. The first-order chi connectivity index (χ1) is 15.6. The molecule has 2 aliphatic carbocycles. The number of ether oxygens (including phenoxy) is 4. The van der Waals surface area contributed by atoms with Crippen molar-refractivity contribution >= 4 is 11.9 Å². The normalized spacial score (nSPS) is 23.6. The Labute approximate surface area is 189 Å². The molecule has 2 aromatic carbocycles. The molecule has 0 aromatic heterocycles. The van der Waals surface area contributed by atoms with Gasteiger partial charge in [-0.25, -0.2) is 0 Å². The fourth-order valence-corrected chi connectivity index (χ4v) is 3.70. The quantitative estimate of drug-likeness (QED) is 0.570. The highest BCUT2D eigenvalue weighted by molar-refractivity contribution is 5.73. The van der Waals surface area contributed by atoms with E-state index in [2.05, 4.69) is 9.47 Å². The summed E-state index contributed by atoms with van der Waals surface area (Å²) in [6, 6.07) is 20.1. The lowest BCUT2D eigenvalue weighted by Crippen LogP contribution is -2.36. The molecule has 2 aromatic rings. The number of benzene rings is 2. The number of rotatable bonds is 8. The summed E-state index contributed by atoms with van der Waals surface area (Å²) >= 11 is 0. The SMILES string of the molecule is COC(=O)C1CC(OCc2ccccc2)C1.COC(=O)C1CC(OCc2ccccc2)C1. The van der Waals surface area contributed by atoms with Crippen molar-refractivity contribution in [3.8, 4) is 0 Å². The Balaban J connectivity index is 0.000000181. The van der Waals surface area contributed by atoms with Gasteiger partial charge in [0.05, 0.1) is 51.5 Å². The predicted molar refractivity (Wildman–Crippen MR) is 120 cm³/mol. The van der Waals surface area contributed by atoms with E-state index < -0.39 is 0 Å². The van der Waals surface area contributed by atoms with Gasteiger partial charge in [-0.15, -0.1) is 0 Å². The second-order valence-corrected chi connectivity index (χ2v) is 8.22. The second kappa shape index (κ2) is 12.4. The molecule has 6 nitrogen and oxygen atoms in total. The molecule has 0 bridgehead atoms. The first kappa shape index (κ1) is 24.0. The average molecular weight is 441 g/mol. The van der Waals surface area contributed by atoms with Crippen LogP contribution in [-0.2, 0) is 41.8 Å². The molecular formula is C26H32O6. The van der Waals surface area contributed by atoms with Crippen LogP contribution in [0, 0.1) is 11.8 Å². The van der Waals surface area contributed by atoms with Crippen molar-refractivity contribution in [1.82, 2.24) is 0 Å². The van der Waals surface area contributed by atoms with Gasteiger partial charge in [0.2, 0.25) is 0 Å². The van der Waals surface area contributed by atoms with E-state index in [0.717, 1.165) is 25.7 Å². The van der Waals surface area contributed by atoms with Crippen LogP contribution in [0.15, 0.2) is 60.7 Å². The van der Waals surface area contributed by atoms with E-state index in [-0.39, 0.29) is 36.0 Å². The van der Waals surface area contributed by atoms with Crippen LogP contribution in [-0.4, -0.2) is 38.4 Å². The molecule has 0 saturated heterocycles. The first-order valence-corrected chi connectivity index (χ1v) is 11.1. The number of hydrogen-bond acceptors (Lipinski definition) is 6. The molecule has 2 fully saturated rings. The van der Waals surface area contributed by atoms with Gasteiger partial charge < -0.3 is 18.9 Å². The van der Waals surface area contributed by atoms with Crippen molar-refractivity contribution in [1.29, 1.82) is 0 Å². The van der Waals surface area contributed by atoms with Gasteiger partial charge in [0, 0.05) is 0 Å². The van der Waals surface area contributed by atoms with Crippen molar-refractivity contribution in [3.63, 3.8) is 0 Å². The minimum Gasteiger partial charge on any atom is -0.469 e. The summed E-state index contributed by atoms with van der Waals surface area (Å²) in [6.07, 6.45) is 3.59. The molecule has 0 N–H and O–H groups in total. The van der Waals surface area contributed by atoms with Gasteiger partial charge in [0.15, 0.2) is 0 Å². The van der Waals surface area contributed by atoms with Gasteiger partial charge in [-0.3, -0.25) is 9.59 Å². The molecule has 0 atom stereocenters. The summed E-state index contributed by atoms with van der Waals surface area (Å²) in [7, 11) is 2.86. The minimum absolute atomic E-state index is 0.0470. The molecule has 172 valence electrons. The van der Waals surface area contributed by atoms with Crippen LogP contribution in [0.1, 0.15) is 36.8 Å². The third-order valence-electron chi connectivity index (χ3n) is 5.92. The van der Waals surface area contributed by atoms with Gasteiger partial charge >= 0.3 is 11.9 Å². The Kier molecular flexibility index (Phi) is 9.26. The van der Waals surface area contributed by atoms with Gasteiger partial charge in [-0.05, 0) is 36.8 Å². The van der Waals surface area contributed by atoms with E-state index in [0.29, 0.717) is 13.2 Å². The van der Waals surface area contributed by atoms with Crippen LogP contribution in [0.2, 0.25) is 0 Å². The summed E-state index contributed by atoms with van der Waals surface area (Å²) in [4.78, 5) is 22.3. The number of carbonyl (C=O) groups is 2. The Morgan fingerprint density at radius 2 is 1.00 bits per heavy atom. The highest BCUT2D eigenvalue weighted by Crippen LogP contribution is 2.32. The monoisotopic (exact) mass is 440 g/mol. The van der Waals surface area contributed by atoms with E-state index in [1.54, 1.807) is 0 Å². The molecular weight excluding hydrogens is 408 g/mol. The van der Waals surface area contributed by atoms with E-state index in [9.17, 15) is 9.59 Å². The lowest BCUT2D eigenvalue weighted by Gasteiger charge is -2.32. The molecule has 6 heteroatoms. The molecule has 2 aliphatic rings. The van der Waals surface area contributed by atoms with Crippen LogP contribution >= 0.6 is 0 Å². The number of esters is 2. The maximum Gasteiger partial charge on any atom is 0.308 e. The zero-order valence-corrected chi connectivity index (χ0v) is 18.8. The highest BCUT2D eigenvalue weighted by Gasteiger charge is 2.36. The number of carbonyl (C=O) groups excluding carboxylic acids is 2. The minimum atomic E-state index is -0.112. The summed E-state index contributed by atoms with van der Waals surface area (Å²) in [6.45, 7) is 1.25. The summed E-state index contributed by atoms with van der Waals surface area (Å²) in [5.41, 5.74) is 2.34. The molecule has 0 heterocycles. The zero-order chi connectivity index (χ0) is 22.8. The zero-order valence-electron chi connectivity index (χ0n) is 18.8. The molecule has 32 heavy (non-hydrogen) atoms. The third kappa shape index (κ3) is 7.18. The molecule has 0 radical (unpaired) electrons. The lowest BCUT2D eigenvalue weighted by molar-refractivity contribution is -0.156. The number of hydrogen-bond donors (Lipinski definition) is 0. The molecule has 2 saturated carbocycles. The van der Waals surface area contributed by atoms with Crippen molar-refractivity contribution in [3.05, 3.63) is 71.8 Å². The standard InChI is InChI=1S/2C13H16O3/c2*1-15-13(14)11-7-12(8-11)16-9-10-5-3-2-4-6-10/h2*2-6,11-12H,7-9H2,1H3. The van der Waals surface area contributed by atoms with E-state index in [1.807, 2.05) is 60.7 Å². The molecule has 0 unspecified atom stereocenters. The third-order valence-corrected chi connectivity index (χ3v) is 5.92. The van der Waals surface area contributed by atoms with Crippen LogP contribution in [0.3, 0.4) is 0 Å². The maximum absolute atomic E-state index is 11.1. The van der Waals surface area contributed by atoms with E-state index in [1.165, 1.54) is 25.3 Å². The molecule has 0 spiro atoms. The predicted octanol–water partition coefficient (Wildman–Crippen LogP) is 4.31. The maximum atomic E-state index is 11.1. The fraction of sp³-hybridized carbons (Fsp3) is 0.462. The largest absolute Gasteiger partial charge is 0.469 e. The smallest absolute Gasteiger partial charge is 0.308 e. The Bertz CT molecular complexity index is 754. The topological polar surface area (TPSA) is 71.1 Å². The van der Waals surface area contributed by atoms with E-state index in [4.69, 9.17) is 9.47 Å². The lowest BCUT2D eigenvalue weighted by atomic mass is 9.82. The Hall–Kier alpha value is -2.70. The van der Waals surface area contributed by atoms with Gasteiger partial charge in [-0.1, -0.05) is 60.7 Å². The highest BCUT2D eigenvalue weighted by atomic mass is 16.5. The van der Waals surface area contributed by atoms with Crippen LogP contribution in [0.4, 0.5) is 0 Å². The van der Waals surface area contributed by atoms with Crippen LogP contribution < -0.4 is 0 Å². The van der Waals surface area contributed by atoms with Gasteiger partial charge in [-0.2, -0.15) is 0 Å². The van der Waals surface area contributed by atoms with Crippen molar-refractivity contribution < 1.29 is 28.5 Å². The second-order valence-electron chi connectivity index (χ2n) is 8.22. The van der Waals surface area contributed by atoms with Crippen LogP contribution in [0.5, 0.6) is 0 Å². The molecule has 0 amide bonds. The Morgan fingerprint density at radius 1 is 0.656 bits per heavy atom. The number of methoxy groups -OCH3 is 2. The summed E-state index contributed by atoms with van der Waals surface area (Å²) < 4.78 is 20.7. The first-order valence-electron chi connectivity index (χ1n) is 11.1. The summed E-state index contributed by atoms with van der Waals surface area (Å²) in [5.74, 6) is -0.129. The molecule has 0 aliphatic heterocycles.